The zero-order chi connectivity index (χ0) is 15.2. The Morgan fingerprint density at radius 1 is 1.29 bits per heavy atom. The molecule has 5 nitrogen and oxygen atoms in total. The number of nitrogens with one attached hydrogen (secondary N) is 2. The first kappa shape index (κ1) is 15.7. The van der Waals surface area contributed by atoms with E-state index in [2.05, 4.69) is 34.7 Å². The maximum atomic E-state index is 11.7. The smallest absolute Gasteiger partial charge is 0.271 e. The minimum atomic E-state index is -0.172. The number of nitrogens with zero attached hydrogens (tertiary/aromatic N) is 2. The van der Waals surface area contributed by atoms with Gasteiger partial charge in [0, 0.05) is 12.6 Å². The molecular weight excluding hydrogens is 264 g/mol. The topological polar surface area (TPSA) is 66.9 Å². The maximum Gasteiger partial charge on any atom is 0.271 e. The lowest BCUT2D eigenvalue weighted by molar-refractivity contribution is 0.0950. The number of amides is 1. The summed E-state index contributed by atoms with van der Waals surface area (Å²) < 4.78 is 0. The molecular formula is C16H26N4O. The molecule has 116 valence electrons. The van der Waals surface area contributed by atoms with Crippen LogP contribution in [0.3, 0.4) is 0 Å². The number of carbonyl (C=O) groups excluding carboxylic acids is 1. The van der Waals surface area contributed by atoms with Crippen LogP contribution in [0, 0.1) is 11.8 Å². The highest BCUT2D eigenvalue weighted by Crippen LogP contribution is 2.31. The highest BCUT2D eigenvalue weighted by Gasteiger charge is 2.27. The molecule has 2 atom stereocenters. The standard InChI is InChI=1S/C16H26N4O/c1-4-17-16(21)14-9-10-15(20-19-14)18-13-8-6-5-7-12(13)11(2)3/h9-13H,4-8H2,1-3H3,(H,17,21)(H,18,20). The SMILES string of the molecule is CCNC(=O)c1ccc(NC2CCCCC2C(C)C)nn1. The van der Waals surface area contributed by atoms with Gasteiger partial charge in [0.2, 0.25) is 0 Å². The third-order valence-electron chi connectivity index (χ3n) is 4.24. The van der Waals surface area contributed by atoms with E-state index in [0.717, 1.165) is 5.82 Å². The molecule has 1 aliphatic rings. The lowest BCUT2D eigenvalue weighted by atomic mass is 9.78. The monoisotopic (exact) mass is 290 g/mol. The van der Waals surface area contributed by atoms with Crippen LogP contribution in [0.5, 0.6) is 0 Å². The summed E-state index contributed by atoms with van der Waals surface area (Å²) in [6, 6.07) is 4.04. The average Bonchev–Trinajstić information content (AvgIpc) is 2.48. The Hall–Kier alpha value is -1.65. The number of hydrogen-bond acceptors (Lipinski definition) is 4. The molecule has 0 aromatic carbocycles. The molecule has 1 aliphatic carbocycles. The summed E-state index contributed by atoms with van der Waals surface area (Å²) in [5.74, 6) is 1.95. The third-order valence-corrected chi connectivity index (χ3v) is 4.24. The fourth-order valence-electron chi connectivity index (χ4n) is 3.11. The van der Waals surface area contributed by atoms with Crippen molar-refractivity contribution in [3.8, 4) is 0 Å². The van der Waals surface area contributed by atoms with Crippen molar-refractivity contribution in [3.05, 3.63) is 17.8 Å². The summed E-state index contributed by atoms with van der Waals surface area (Å²) in [6.45, 7) is 7.05. The van der Waals surface area contributed by atoms with Gasteiger partial charge in [0.15, 0.2) is 5.69 Å². The largest absolute Gasteiger partial charge is 0.366 e. The van der Waals surface area contributed by atoms with E-state index in [9.17, 15) is 4.79 Å². The molecule has 1 heterocycles. The molecule has 0 aliphatic heterocycles. The van der Waals surface area contributed by atoms with Crippen molar-refractivity contribution in [1.29, 1.82) is 0 Å². The Morgan fingerprint density at radius 2 is 2.05 bits per heavy atom. The van der Waals surface area contributed by atoms with E-state index in [0.29, 0.717) is 30.1 Å². The Labute approximate surface area is 126 Å². The highest BCUT2D eigenvalue weighted by atomic mass is 16.1. The van der Waals surface area contributed by atoms with Gasteiger partial charge in [-0.15, -0.1) is 10.2 Å². The van der Waals surface area contributed by atoms with Crippen LogP contribution in [0.25, 0.3) is 0 Å². The van der Waals surface area contributed by atoms with Crippen LogP contribution in [-0.2, 0) is 0 Å². The number of hydrogen-bond donors (Lipinski definition) is 2. The first-order chi connectivity index (χ1) is 10.1. The Balaban J connectivity index is 2.00. The highest BCUT2D eigenvalue weighted by molar-refractivity contribution is 5.92. The van der Waals surface area contributed by atoms with Gasteiger partial charge >= 0.3 is 0 Å². The molecule has 0 spiro atoms. The van der Waals surface area contributed by atoms with E-state index in [1.54, 1.807) is 6.07 Å². The maximum absolute atomic E-state index is 11.7. The summed E-state index contributed by atoms with van der Waals surface area (Å²) in [5, 5.41) is 14.4. The zero-order valence-electron chi connectivity index (χ0n) is 13.2. The number of aromatic nitrogens is 2. The summed E-state index contributed by atoms with van der Waals surface area (Å²) in [5.41, 5.74) is 0.367. The molecule has 2 unspecified atom stereocenters. The van der Waals surface area contributed by atoms with E-state index in [4.69, 9.17) is 0 Å². The lowest BCUT2D eigenvalue weighted by Crippen LogP contribution is -2.35. The van der Waals surface area contributed by atoms with Gasteiger partial charge in [-0.25, -0.2) is 0 Å². The molecule has 0 bridgehead atoms. The number of anilines is 1. The Bertz CT molecular complexity index is 458. The molecule has 1 aromatic rings. The molecule has 1 aromatic heterocycles. The summed E-state index contributed by atoms with van der Waals surface area (Å²) in [7, 11) is 0. The van der Waals surface area contributed by atoms with Crippen LogP contribution >= 0.6 is 0 Å². The van der Waals surface area contributed by atoms with Gasteiger partial charge in [-0.3, -0.25) is 4.79 Å². The van der Waals surface area contributed by atoms with Crippen molar-refractivity contribution in [2.75, 3.05) is 11.9 Å². The van der Waals surface area contributed by atoms with Gasteiger partial charge in [0.25, 0.3) is 5.91 Å². The molecule has 1 saturated carbocycles. The quantitative estimate of drug-likeness (QED) is 0.875. The molecule has 1 fully saturated rings. The third kappa shape index (κ3) is 4.16. The fourth-order valence-corrected chi connectivity index (χ4v) is 3.11. The number of carbonyl (C=O) groups is 1. The Morgan fingerprint density at radius 3 is 2.67 bits per heavy atom. The second-order valence-electron chi connectivity index (χ2n) is 6.11. The van der Waals surface area contributed by atoms with Crippen molar-refractivity contribution in [2.24, 2.45) is 11.8 Å². The Kier molecular flexibility index (Phi) is 5.53. The van der Waals surface area contributed by atoms with E-state index in [-0.39, 0.29) is 5.91 Å². The van der Waals surface area contributed by atoms with E-state index in [1.165, 1.54) is 25.7 Å². The summed E-state index contributed by atoms with van der Waals surface area (Å²) in [6.07, 6.45) is 5.05. The van der Waals surface area contributed by atoms with Crippen molar-refractivity contribution in [2.45, 2.75) is 52.5 Å². The predicted octanol–water partition coefficient (Wildman–Crippen LogP) is 2.85. The van der Waals surface area contributed by atoms with Crippen LogP contribution in [0.2, 0.25) is 0 Å². The molecule has 0 saturated heterocycles. The van der Waals surface area contributed by atoms with Gasteiger partial charge in [0.1, 0.15) is 5.82 Å². The second-order valence-corrected chi connectivity index (χ2v) is 6.11. The predicted molar refractivity (Wildman–Crippen MR) is 84.2 cm³/mol. The lowest BCUT2D eigenvalue weighted by Gasteiger charge is -2.35. The van der Waals surface area contributed by atoms with Crippen molar-refractivity contribution >= 4 is 11.7 Å². The van der Waals surface area contributed by atoms with Crippen molar-refractivity contribution < 1.29 is 4.79 Å². The van der Waals surface area contributed by atoms with Gasteiger partial charge in [-0.1, -0.05) is 26.7 Å². The summed E-state index contributed by atoms with van der Waals surface area (Å²) >= 11 is 0. The fraction of sp³-hybridized carbons (Fsp3) is 0.688. The van der Waals surface area contributed by atoms with Crippen LogP contribution in [0.15, 0.2) is 12.1 Å². The minimum absolute atomic E-state index is 0.172. The molecule has 1 amide bonds. The molecule has 0 radical (unpaired) electrons. The van der Waals surface area contributed by atoms with Gasteiger partial charge in [-0.2, -0.15) is 0 Å². The van der Waals surface area contributed by atoms with E-state index < -0.39 is 0 Å². The first-order valence-electron chi connectivity index (χ1n) is 8.00. The van der Waals surface area contributed by atoms with Crippen molar-refractivity contribution in [3.63, 3.8) is 0 Å². The second kappa shape index (κ2) is 7.38. The van der Waals surface area contributed by atoms with Gasteiger partial charge < -0.3 is 10.6 Å². The van der Waals surface area contributed by atoms with Crippen LogP contribution in [0.1, 0.15) is 56.9 Å². The normalized spacial score (nSPS) is 22.1. The van der Waals surface area contributed by atoms with Gasteiger partial charge in [0.05, 0.1) is 0 Å². The molecule has 21 heavy (non-hydrogen) atoms. The van der Waals surface area contributed by atoms with E-state index >= 15 is 0 Å². The van der Waals surface area contributed by atoms with Gasteiger partial charge in [-0.05, 0) is 43.7 Å². The summed E-state index contributed by atoms with van der Waals surface area (Å²) in [4.78, 5) is 11.7. The molecule has 2 N–H and O–H groups in total. The van der Waals surface area contributed by atoms with E-state index in [1.807, 2.05) is 13.0 Å². The average molecular weight is 290 g/mol. The van der Waals surface area contributed by atoms with Crippen LogP contribution in [-0.4, -0.2) is 28.7 Å². The first-order valence-corrected chi connectivity index (χ1v) is 8.00. The minimum Gasteiger partial charge on any atom is -0.366 e. The van der Waals surface area contributed by atoms with Crippen LogP contribution in [0.4, 0.5) is 5.82 Å². The molecule has 5 heteroatoms. The van der Waals surface area contributed by atoms with Crippen molar-refractivity contribution in [1.82, 2.24) is 15.5 Å². The molecule has 2 rings (SSSR count). The van der Waals surface area contributed by atoms with Crippen LogP contribution < -0.4 is 10.6 Å². The number of rotatable bonds is 5. The zero-order valence-corrected chi connectivity index (χ0v) is 13.2.